The average Bonchev–Trinajstić information content (AvgIpc) is 2.99. The van der Waals surface area contributed by atoms with E-state index in [9.17, 15) is 4.79 Å². The summed E-state index contributed by atoms with van der Waals surface area (Å²) in [6.45, 7) is 3.98. The van der Waals surface area contributed by atoms with Gasteiger partial charge in [-0.15, -0.1) is 0 Å². The predicted octanol–water partition coefficient (Wildman–Crippen LogP) is 4.67. The summed E-state index contributed by atoms with van der Waals surface area (Å²) in [4.78, 5) is 17.7. The third kappa shape index (κ3) is 2.50. The maximum atomic E-state index is 12.6. The van der Waals surface area contributed by atoms with Gasteiger partial charge in [0.05, 0.1) is 11.7 Å². The van der Waals surface area contributed by atoms with Gasteiger partial charge in [-0.05, 0) is 18.6 Å². The molecule has 1 aromatic heterocycles. The fourth-order valence-electron chi connectivity index (χ4n) is 2.87. The smallest absolute Gasteiger partial charge is 0.227 e. The van der Waals surface area contributed by atoms with Crippen LogP contribution < -0.4 is 4.90 Å². The van der Waals surface area contributed by atoms with Gasteiger partial charge in [0.25, 0.3) is 0 Å². The first-order valence-corrected chi connectivity index (χ1v) is 7.65. The van der Waals surface area contributed by atoms with Crippen LogP contribution in [0.15, 0.2) is 60.8 Å². The highest BCUT2D eigenvalue weighted by Gasteiger charge is 2.24. The molecule has 0 bridgehead atoms. The molecule has 0 aliphatic heterocycles. The van der Waals surface area contributed by atoms with Gasteiger partial charge in [-0.1, -0.05) is 55.5 Å². The SMILES string of the molecule is CCC(=O)N(c1c[nH]c2ccccc12)C(C)c1ccccc1. The number of nitrogens with zero attached hydrogens (tertiary/aromatic N) is 1. The molecule has 0 aliphatic rings. The van der Waals surface area contributed by atoms with Crippen molar-refractivity contribution >= 4 is 22.5 Å². The molecule has 1 atom stereocenters. The minimum absolute atomic E-state index is 0.00661. The van der Waals surface area contributed by atoms with E-state index in [1.807, 2.05) is 54.4 Å². The van der Waals surface area contributed by atoms with Gasteiger partial charge in [0.2, 0.25) is 5.91 Å². The third-order valence-corrected chi connectivity index (χ3v) is 4.07. The molecule has 3 aromatic rings. The Bertz CT molecular complexity index is 776. The molecule has 0 aliphatic carbocycles. The number of para-hydroxylation sites is 1. The maximum Gasteiger partial charge on any atom is 0.227 e. The fourth-order valence-corrected chi connectivity index (χ4v) is 2.87. The number of H-pyrrole nitrogens is 1. The van der Waals surface area contributed by atoms with Gasteiger partial charge in [0.15, 0.2) is 0 Å². The summed E-state index contributed by atoms with van der Waals surface area (Å²) < 4.78 is 0. The summed E-state index contributed by atoms with van der Waals surface area (Å²) in [5.74, 6) is 0.126. The number of benzene rings is 2. The van der Waals surface area contributed by atoms with Crippen molar-refractivity contribution in [1.82, 2.24) is 4.98 Å². The number of aromatic nitrogens is 1. The van der Waals surface area contributed by atoms with Crippen LogP contribution in [0.5, 0.6) is 0 Å². The van der Waals surface area contributed by atoms with Crippen LogP contribution in [0.3, 0.4) is 0 Å². The van der Waals surface area contributed by atoms with E-state index in [4.69, 9.17) is 0 Å². The van der Waals surface area contributed by atoms with Crippen molar-refractivity contribution in [2.45, 2.75) is 26.3 Å². The number of hydrogen-bond acceptors (Lipinski definition) is 1. The molecule has 1 amide bonds. The second-order valence-corrected chi connectivity index (χ2v) is 5.42. The lowest BCUT2D eigenvalue weighted by Gasteiger charge is -2.29. The number of rotatable bonds is 4. The monoisotopic (exact) mass is 292 g/mol. The maximum absolute atomic E-state index is 12.6. The molecule has 1 heterocycles. The number of amides is 1. The van der Waals surface area contributed by atoms with Crippen molar-refractivity contribution in [3.8, 4) is 0 Å². The molecule has 0 saturated heterocycles. The van der Waals surface area contributed by atoms with Gasteiger partial charge in [-0.3, -0.25) is 4.79 Å². The number of hydrogen-bond donors (Lipinski definition) is 1. The third-order valence-electron chi connectivity index (χ3n) is 4.07. The van der Waals surface area contributed by atoms with Crippen molar-refractivity contribution < 1.29 is 4.79 Å². The first-order valence-electron chi connectivity index (χ1n) is 7.65. The van der Waals surface area contributed by atoms with Crippen LogP contribution in [0.4, 0.5) is 5.69 Å². The molecule has 0 fully saturated rings. The molecule has 112 valence electrons. The van der Waals surface area contributed by atoms with E-state index < -0.39 is 0 Å². The number of fused-ring (bicyclic) bond motifs is 1. The first-order chi connectivity index (χ1) is 10.7. The van der Waals surface area contributed by atoms with Gasteiger partial charge in [-0.2, -0.15) is 0 Å². The van der Waals surface area contributed by atoms with E-state index in [2.05, 4.69) is 30.1 Å². The van der Waals surface area contributed by atoms with E-state index >= 15 is 0 Å². The average molecular weight is 292 g/mol. The second-order valence-electron chi connectivity index (χ2n) is 5.42. The Morgan fingerprint density at radius 3 is 2.50 bits per heavy atom. The fraction of sp³-hybridized carbons (Fsp3) is 0.211. The summed E-state index contributed by atoms with van der Waals surface area (Å²) >= 11 is 0. The molecule has 3 heteroatoms. The Balaban J connectivity index is 2.09. The molecule has 0 saturated carbocycles. The van der Waals surface area contributed by atoms with E-state index in [1.54, 1.807) is 0 Å². The topological polar surface area (TPSA) is 36.1 Å². The molecular weight excluding hydrogens is 272 g/mol. The summed E-state index contributed by atoms with van der Waals surface area (Å²) in [7, 11) is 0. The van der Waals surface area contributed by atoms with Gasteiger partial charge in [0, 0.05) is 23.5 Å². The Hall–Kier alpha value is -2.55. The standard InChI is InChI=1S/C19H20N2O/c1-3-19(22)21(14(2)15-9-5-4-6-10-15)18-13-20-17-12-8-7-11-16(17)18/h4-14,20H,3H2,1-2H3. The molecule has 0 radical (unpaired) electrons. The van der Waals surface area contributed by atoms with E-state index in [0.717, 1.165) is 22.2 Å². The van der Waals surface area contributed by atoms with Crippen molar-refractivity contribution in [3.05, 3.63) is 66.4 Å². The second kappa shape index (κ2) is 6.06. The Kier molecular flexibility index (Phi) is 3.96. The molecule has 2 aromatic carbocycles. The van der Waals surface area contributed by atoms with E-state index in [1.165, 1.54) is 0 Å². The van der Waals surface area contributed by atoms with Crippen LogP contribution >= 0.6 is 0 Å². The van der Waals surface area contributed by atoms with Crippen molar-refractivity contribution in [3.63, 3.8) is 0 Å². The van der Waals surface area contributed by atoms with Crippen molar-refractivity contribution in [1.29, 1.82) is 0 Å². The summed E-state index contributed by atoms with van der Waals surface area (Å²) in [6.07, 6.45) is 2.41. The predicted molar refractivity (Wildman–Crippen MR) is 90.9 cm³/mol. The lowest BCUT2D eigenvalue weighted by atomic mass is 10.1. The van der Waals surface area contributed by atoms with Crippen LogP contribution in [0.2, 0.25) is 0 Å². The van der Waals surface area contributed by atoms with E-state index in [0.29, 0.717) is 6.42 Å². The number of carbonyl (C=O) groups is 1. The lowest BCUT2D eigenvalue weighted by Crippen LogP contribution is -2.32. The Morgan fingerprint density at radius 2 is 1.77 bits per heavy atom. The summed E-state index contributed by atoms with van der Waals surface area (Å²) in [5, 5.41) is 1.08. The van der Waals surface area contributed by atoms with Crippen LogP contribution in [0, 0.1) is 0 Å². The number of nitrogens with one attached hydrogen (secondary N) is 1. The zero-order valence-corrected chi connectivity index (χ0v) is 12.9. The lowest BCUT2D eigenvalue weighted by molar-refractivity contribution is -0.118. The van der Waals surface area contributed by atoms with Gasteiger partial charge < -0.3 is 9.88 Å². The largest absolute Gasteiger partial charge is 0.359 e. The number of aromatic amines is 1. The summed E-state index contributed by atoms with van der Waals surface area (Å²) in [5.41, 5.74) is 3.13. The van der Waals surface area contributed by atoms with Crippen molar-refractivity contribution in [2.75, 3.05) is 4.90 Å². The molecule has 3 rings (SSSR count). The van der Waals surface area contributed by atoms with Gasteiger partial charge in [-0.25, -0.2) is 0 Å². The normalized spacial score (nSPS) is 12.3. The van der Waals surface area contributed by atoms with Gasteiger partial charge >= 0.3 is 0 Å². The zero-order chi connectivity index (χ0) is 15.5. The highest BCUT2D eigenvalue weighted by atomic mass is 16.2. The quantitative estimate of drug-likeness (QED) is 0.745. The van der Waals surface area contributed by atoms with Crippen LogP contribution in [-0.4, -0.2) is 10.9 Å². The van der Waals surface area contributed by atoms with Crippen LogP contribution in [0.1, 0.15) is 31.9 Å². The molecule has 1 unspecified atom stereocenters. The number of anilines is 1. The molecular formula is C19H20N2O. The Labute approximate surface area is 130 Å². The van der Waals surface area contributed by atoms with Crippen molar-refractivity contribution in [2.24, 2.45) is 0 Å². The highest BCUT2D eigenvalue weighted by Crippen LogP contribution is 2.33. The Morgan fingerprint density at radius 1 is 1.09 bits per heavy atom. The minimum Gasteiger partial charge on any atom is -0.359 e. The minimum atomic E-state index is -0.00661. The first kappa shape index (κ1) is 14.4. The molecule has 22 heavy (non-hydrogen) atoms. The molecule has 0 spiro atoms. The van der Waals surface area contributed by atoms with Gasteiger partial charge in [0.1, 0.15) is 0 Å². The van der Waals surface area contributed by atoms with Crippen LogP contribution in [0.25, 0.3) is 10.9 Å². The highest BCUT2D eigenvalue weighted by molar-refractivity contribution is 6.03. The molecule has 1 N–H and O–H groups in total. The summed E-state index contributed by atoms with van der Waals surface area (Å²) in [6, 6.07) is 18.2. The van der Waals surface area contributed by atoms with Crippen LogP contribution in [-0.2, 0) is 4.79 Å². The zero-order valence-electron chi connectivity index (χ0n) is 12.9. The van der Waals surface area contributed by atoms with E-state index in [-0.39, 0.29) is 11.9 Å². The number of carbonyl (C=O) groups excluding carboxylic acids is 1. The molecule has 3 nitrogen and oxygen atoms in total.